The van der Waals surface area contributed by atoms with Crippen LogP contribution in [0.5, 0.6) is 0 Å². The molecule has 0 bridgehead atoms. The van der Waals surface area contributed by atoms with Crippen LogP contribution in [0.25, 0.3) is 11.4 Å². The molecule has 0 unspecified atom stereocenters. The second kappa shape index (κ2) is 12.2. The molecule has 1 aromatic carbocycles. The lowest BCUT2D eigenvalue weighted by molar-refractivity contribution is -0.137. The van der Waals surface area contributed by atoms with E-state index in [1.807, 2.05) is 17.9 Å². The standard InChI is InChI=1S/C30H30ClF3N10O5/c1-15-13-20(25(45)35-19-4-3-17(14-18(19)31)30(32,33)34)43-21(15)22(26(46)44-28(43)36-23(39-44)16-5-11-49-12-6-16)41-7-9-42(10-8-41)27(47)24-37-29(48)40(2)38-24/h3-5,14-15,20H,6-13H2,1-2H3,(H,35,45)(H,37,38,48)/t15-,20-/m1/s1. The van der Waals surface area contributed by atoms with Crippen molar-refractivity contribution in [3.63, 3.8) is 0 Å². The molecule has 2 amide bonds. The molecule has 3 aliphatic heterocycles. The normalized spacial score (nSPS) is 19.7. The summed E-state index contributed by atoms with van der Waals surface area (Å²) in [7, 11) is 1.43. The van der Waals surface area contributed by atoms with Crippen LogP contribution in [0.4, 0.5) is 24.5 Å². The Bertz CT molecular complexity index is 2140. The van der Waals surface area contributed by atoms with Gasteiger partial charge in [0, 0.05) is 39.1 Å². The molecule has 7 rings (SSSR count). The fourth-order valence-corrected chi connectivity index (χ4v) is 6.76. The molecule has 1 fully saturated rings. The number of halogens is 4. The molecule has 3 aromatic heterocycles. The lowest BCUT2D eigenvalue weighted by Gasteiger charge is -2.36. The van der Waals surface area contributed by atoms with Crippen LogP contribution < -0.4 is 21.5 Å². The molecule has 0 aliphatic carbocycles. The van der Waals surface area contributed by atoms with Crippen molar-refractivity contribution in [2.24, 2.45) is 7.05 Å². The van der Waals surface area contributed by atoms with E-state index in [9.17, 15) is 32.3 Å². The SMILES string of the molecule is C[C@@H]1C[C@H](C(=O)Nc2ccc(C(F)(F)F)cc2Cl)n2c1c(N1CCN(C(=O)c3nn(C)c(=O)[nH]3)CC1)c(=O)n1nc(C3=CCOCC3)nc21. The van der Waals surface area contributed by atoms with E-state index >= 15 is 0 Å². The van der Waals surface area contributed by atoms with Gasteiger partial charge in [0.1, 0.15) is 11.7 Å². The van der Waals surface area contributed by atoms with Crippen LogP contribution in [0, 0.1) is 0 Å². The first-order valence-electron chi connectivity index (χ1n) is 15.5. The summed E-state index contributed by atoms with van der Waals surface area (Å²) < 4.78 is 49.0. The summed E-state index contributed by atoms with van der Waals surface area (Å²) >= 11 is 6.17. The summed E-state index contributed by atoms with van der Waals surface area (Å²) in [6.45, 7) is 3.63. The van der Waals surface area contributed by atoms with Gasteiger partial charge in [-0.05, 0) is 36.6 Å². The maximum Gasteiger partial charge on any atom is 0.416 e. The summed E-state index contributed by atoms with van der Waals surface area (Å²) in [5.74, 6) is -0.965. The number of benzene rings is 1. The third kappa shape index (κ3) is 5.77. The summed E-state index contributed by atoms with van der Waals surface area (Å²) in [5, 5.41) is 10.9. The Morgan fingerprint density at radius 2 is 1.88 bits per heavy atom. The number of aryl methyl sites for hydroxylation is 1. The van der Waals surface area contributed by atoms with E-state index < -0.39 is 40.8 Å². The number of carbonyl (C=O) groups is 2. The molecule has 19 heteroatoms. The number of H-pyrrole nitrogens is 1. The number of nitrogens with zero attached hydrogens (tertiary/aromatic N) is 8. The number of hydrogen-bond donors (Lipinski definition) is 2. The van der Waals surface area contributed by atoms with Crippen LogP contribution in [0.15, 0.2) is 33.9 Å². The van der Waals surface area contributed by atoms with E-state index in [1.54, 1.807) is 4.57 Å². The van der Waals surface area contributed by atoms with E-state index in [-0.39, 0.29) is 60.8 Å². The number of piperazine rings is 1. The van der Waals surface area contributed by atoms with Crippen LogP contribution in [0.3, 0.4) is 0 Å². The number of anilines is 2. The van der Waals surface area contributed by atoms with Gasteiger partial charge in [-0.2, -0.15) is 22.7 Å². The van der Waals surface area contributed by atoms with Gasteiger partial charge in [-0.1, -0.05) is 24.6 Å². The quantitative estimate of drug-likeness (QED) is 0.318. The Balaban J connectivity index is 1.26. The van der Waals surface area contributed by atoms with E-state index in [0.717, 1.165) is 28.5 Å². The zero-order valence-electron chi connectivity index (χ0n) is 26.3. The molecule has 49 heavy (non-hydrogen) atoms. The number of aromatic amines is 1. The molecule has 6 heterocycles. The summed E-state index contributed by atoms with van der Waals surface area (Å²) in [5.41, 5.74) is -0.275. The second-order valence-electron chi connectivity index (χ2n) is 12.1. The molecular weight excluding hydrogens is 673 g/mol. The first-order chi connectivity index (χ1) is 23.3. The highest BCUT2D eigenvalue weighted by Gasteiger charge is 2.41. The lowest BCUT2D eigenvalue weighted by Crippen LogP contribution is -2.51. The third-order valence-corrected chi connectivity index (χ3v) is 9.33. The fourth-order valence-electron chi connectivity index (χ4n) is 6.54. The number of nitrogens with one attached hydrogen (secondary N) is 2. The molecule has 15 nitrogen and oxygen atoms in total. The van der Waals surface area contributed by atoms with Gasteiger partial charge in [-0.3, -0.25) is 23.9 Å². The highest BCUT2D eigenvalue weighted by Crippen LogP contribution is 2.42. The number of fused-ring (bicyclic) bond motifs is 3. The molecule has 1 saturated heterocycles. The minimum atomic E-state index is -4.61. The van der Waals surface area contributed by atoms with Gasteiger partial charge in [0.15, 0.2) is 5.82 Å². The monoisotopic (exact) mass is 702 g/mol. The predicted octanol–water partition coefficient (Wildman–Crippen LogP) is 2.44. The minimum Gasteiger partial charge on any atom is -0.377 e. The highest BCUT2D eigenvalue weighted by atomic mass is 35.5. The summed E-state index contributed by atoms with van der Waals surface area (Å²) in [6, 6.07) is 1.76. The van der Waals surface area contributed by atoms with Crippen molar-refractivity contribution >= 4 is 46.1 Å². The zero-order chi connectivity index (χ0) is 34.8. The predicted molar refractivity (Wildman–Crippen MR) is 170 cm³/mol. The van der Waals surface area contributed by atoms with Crippen LogP contribution in [0.2, 0.25) is 5.02 Å². The molecular formula is C30H30ClF3N10O5. The van der Waals surface area contributed by atoms with Gasteiger partial charge < -0.3 is 19.9 Å². The number of aromatic nitrogens is 7. The van der Waals surface area contributed by atoms with Gasteiger partial charge in [0.25, 0.3) is 11.5 Å². The van der Waals surface area contributed by atoms with Crippen molar-refractivity contribution < 1.29 is 27.5 Å². The topological polar surface area (TPSA) is 165 Å². The molecule has 258 valence electrons. The Hall–Kier alpha value is -4.97. The Morgan fingerprint density at radius 3 is 2.51 bits per heavy atom. The molecule has 0 radical (unpaired) electrons. The van der Waals surface area contributed by atoms with Crippen molar-refractivity contribution in [3.8, 4) is 0 Å². The number of rotatable bonds is 5. The molecule has 2 atom stereocenters. The number of alkyl halides is 3. The van der Waals surface area contributed by atoms with Crippen LogP contribution in [0.1, 0.15) is 59.4 Å². The number of hydrogen-bond acceptors (Lipinski definition) is 9. The van der Waals surface area contributed by atoms with E-state index in [0.29, 0.717) is 36.8 Å². The zero-order valence-corrected chi connectivity index (χ0v) is 27.0. The van der Waals surface area contributed by atoms with Crippen LogP contribution in [-0.4, -0.2) is 90.0 Å². The molecule has 3 aliphatic rings. The minimum absolute atomic E-state index is 0.00242. The van der Waals surface area contributed by atoms with E-state index in [2.05, 4.69) is 20.5 Å². The summed E-state index contributed by atoms with van der Waals surface area (Å²) in [6.07, 6.45) is -2.00. The molecule has 2 N–H and O–H groups in total. The molecule has 0 saturated carbocycles. The van der Waals surface area contributed by atoms with E-state index in [4.69, 9.17) is 21.3 Å². The maximum absolute atomic E-state index is 14.2. The van der Waals surface area contributed by atoms with Gasteiger partial charge in [-0.25, -0.2) is 9.48 Å². The van der Waals surface area contributed by atoms with Gasteiger partial charge in [0.2, 0.25) is 17.5 Å². The van der Waals surface area contributed by atoms with Crippen molar-refractivity contribution in [3.05, 3.63) is 73.0 Å². The lowest BCUT2D eigenvalue weighted by atomic mass is 10.0. The van der Waals surface area contributed by atoms with E-state index in [1.165, 1.54) is 16.5 Å². The second-order valence-corrected chi connectivity index (χ2v) is 12.5. The Morgan fingerprint density at radius 1 is 1.12 bits per heavy atom. The molecule has 4 aromatic rings. The van der Waals surface area contributed by atoms with Gasteiger partial charge >= 0.3 is 11.9 Å². The average Bonchev–Trinajstić information content (AvgIpc) is 3.77. The number of ether oxygens (including phenoxy) is 1. The molecule has 0 spiro atoms. The van der Waals surface area contributed by atoms with Crippen molar-refractivity contribution in [1.29, 1.82) is 0 Å². The van der Waals surface area contributed by atoms with Crippen LogP contribution >= 0.6 is 11.6 Å². The third-order valence-electron chi connectivity index (χ3n) is 9.02. The van der Waals surface area contributed by atoms with Crippen LogP contribution in [-0.2, 0) is 22.8 Å². The Labute approximate surface area is 279 Å². The van der Waals surface area contributed by atoms with Crippen molar-refractivity contribution in [2.75, 3.05) is 49.6 Å². The van der Waals surface area contributed by atoms with Crippen molar-refractivity contribution in [2.45, 2.75) is 37.9 Å². The largest absolute Gasteiger partial charge is 0.416 e. The summed E-state index contributed by atoms with van der Waals surface area (Å²) in [4.78, 5) is 63.5. The Kier molecular flexibility index (Phi) is 8.09. The first-order valence-corrected chi connectivity index (χ1v) is 15.9. The maximum atomic E-state index is 14.2. The van der Waals surface area contributed by atoms with Crippen molar-refractivity contribution in [1.82, 2.24) is 38.8 Å². The number of amides is 2. The smallest absolute Gasteiger partial charge is 0.377 e. The average molecular weight is 703 g/mol. The fraction of sp³-hybridized carbons (Fsp3) is 0.433. The first kappa shape index (κ1) is 32.6. The number of carbonyl (C=O) groups excluding carboxylic acids is 2. The highest BCUT2D eigenvalue weighted by molar-refractivity contribution is 6.33. The van der Waals surface area contributed by atoms with Gasteiger partial charge in [0.05, 0.1) is 35.2 Å². The van der Waals surface area contributed by atoms with Gasteiger partial charge in [-0.15, -0.1) is 10.2 Å².